The van der Waals surface area contributed by atoms with Crippen LogP contribution in [0.4, 0.5) is 17.6 Å². The van der Waals surface area contributed by atoms with Gasteiger partial charge in [0.15, 0.2) is 0 Å². The summed E-state index contributed by atoms with van der Waals surface area (Å²) < 4.78 is 62.3. The molecule has 0 N–H and O–H groups in total. The summed E-state index contributed by atoms with van der Waals surface area (Å²) >= 11 is 0. The Labute approximate surface area is 121 Å². The highest BCUT2D eigenvalue weighted by Crippen LogP contribution is 2.36. The molecule has 116 valence electrons. The molecule has 0 unspecified atom stereocenters. The van der Waals surface area contributed by atoms with Gasteiger partial charge in [-0.1, -0.05) is 12.1 Å². The Morgan fingerprint density at radius 2 is 1.57 bits per heavy atom. The Morgan fingerprint density at radius 3 is 2.05 bits per heavy atom. The van der Waals surface area contributed by atoms with E-state index >= 15 is 0 Å². The first-order valence-corrected chi connectivity index (χ1v) is 6.62. The van der Waals surface area contributed by atoms with Crippen LogP contribution in [0, 0.1) is 5.82 Å². The van der Waals surface area contributed by atoms with Crippen LogP contribution in [0.15, 0.2) is 18.2 Å². The molecule has 0 spiro atoms. The molecule has 0 aliphatic carbocycles. The van der Waals surface area contributed by atoms with Gasteiger partial charge in [0.1, 0.15) is 5.82 Å². The molecule has 7 heteroatoms. The molecule has 21 heavy (non-hydrogen) atoms. The van der Waals surface area contributed by atoms with Gasteiger partial charge >= 0.3 is 13.3 Å². The molecule has 0 aromatic heterocycles. The van der Waals surface area contributed by atoms with Crippen molar-refractivity contribution in [1.29, 1.82) is 0 Å². The molecule has 0 amide bonds. The van der Waals surface area contributed by atoms with E-state index in [2.05, 4.69) is 0 Å². The first-order chi connectivity index (χ1) is 9.41. The summed E-state index contributed by atoms with van der Waals surface area (Å²) in [5.74, 6) is -0.882. The van der Waals surface area contributed by atoms with E-state index in [1.165, 1.54) is 6.07 Å². The van der Waals surface area contributed by atoms with Crippen LogP contribution in [0.2, 0.25) is 0 Å². The average molecular weight is 304 g/mol. The summed E-state index contributed by atoms with van der Waals surface area (Å²) in [5.41, 5.74) is -1.23. The maximum Gasteiger partial charge on any atom is 0.494 e. The van der Waals surface area contributed by atoms with Crippen LogP contribution >= 0.6 is 0 Å². The van der Waals surface area contributed by atoms with Crippen LogP contribution in [0.3, 0.4) is 0 Å². The molecule has 0 bridgehead atoms. The van der Waals surface area contributed by atoms with Gasteiger partial charge in [-0.15, -0.1) is 0 Å². The van der Waals surface area contributed by atoms with Crippen molar-refractivity contribution in [1.82, 2.24) is 0 Å². The predicted molar refractivity (Wildman–Crippen MR) is 71.9 cm³/mol. The second-order valence-corrected chi connectivity index (χ2v) is 6.23. The van der Waals surface area contributed by atoms with E-state index in [0.717, 1.165) is 12.1 Å². The smallest absolute Gasteiger partial charge is 0.399 e. The maximum atomic E-state index is 13.5. The molecule has 0 atom stereocenters. The van der Waals surface area contributed by atoms with Gasteiger partial charge in [-0.05, 0) is 44.8 Å². The molecule has 1 aromatic rings. The standard InChI is InChI=1S/C14H17BF4O2/c1-12(2)13(3,4)21-15(20-12)10-5-6-11(16)9(7-10)8-14(17,18)19/h5-7H,8H2,1-4H3. The third-order valence-corrected chi connectivity index (χ3v) is 3.99. The summed E-state index contributed by atoms with van der Waals surface area (Å²) in [7, 11) is -0.803. The minimum Gasteiger partial charge on any atom is -0.399 e. The largest absolute Gasteiger partial charge is 0.494 e. The van der Waals surface area contributed by atoms with E-state index in [9.17, 15) is 17.6 Å². The van der Waals surface area contributed by atoms with Crippen molar-refractivity contribution in [3.05, 3.63) is 29.6 Å². The molecule has 1 aliphatic rings. The third-order valence-electron chi connectivity index (χ3n) is 3.99. The van der Waals surface area contributed by atoms with E-state index in [-0.39, 0.29) is 0 Å². The van der Waals surface area contributed by atoms with Crippen LogP contribution in [0.1, 0.15) is 33.3 Å². The Morgan fingerprint density at radius 1 is 1.05 bits per heavy atom. The van der Waals surface area contributed by atoms with E-state index in [0.29, 0.717) is 5.46 Å². The van der Waals surface area contributed by atoms with Gasteiger partial charge in [0.25, 0.3) is 0 Å². The zero-order valence-electron chi connectivity index (χ0n) is 12.3. The molecule has 0 saturated carbocycles. The van der Waals surface area contributed by atoms with Crippen molar-refractivity contribution in [3.63, 3.8) is 0 Å². The number of alkyl halides is 3. The number of rotatable bonds is 2. The minimum absolute atomic E-state index is 0.384. The van der Waals surface area contributed by atoms with Crippen LogP contribution in [0.25, 0.3) is 0 Å². The molecule has 2 rings (SSSR count). The van der Waals surface area contributed by atoms with E-state index in [1.807, 2.05) is 27.7 Å². The number of halogens is 4. The maximum absolute atomic E-state index is 13.5. The number of benzene rings is 1. The topological polar surface area (TPSA) is 18.5 Å². The van der Waals surface area contributed by atoms with Crippen molar-refractivity contribution < 1.29 is 26.9 Å². The molecular formula is C14H17BF4O2. The first kappa shape index (κ1) is 16.3. The Hall–Kier alpha value is -1.08. The second-order valence-electron chi connectivity index (χ2n) is 6.23. The summed E-state index contributed by atoms with van der Waals surface area (Å²) in [4.78, 5) is 0. The molecule has 0 radical (unpaired) electrons. The Balaban J connectivity index is 2.29. The van der Waals surface area contributed by atoms with Gasteiger partial charge in [-0.25, -0.2) is 4.39 Å². The monoisotopic (exact) mass is 304 g/mol. The van der Waals surface area contributed by atoms with Gasteiger partial charge < -0.3 is 9.31 Å². The Kier molecular flexibility index (Phi) is 3.87. The first-order valence-electron chi connectivity index (χ1n) is 6.62. The summed E-state index contributed by atoms with van der Waals surface area (Å²) in [6.45, 7) is 7.36. The highest BCUT2D eigenvalue weighted by molar-refractivity contribution is 6.62. The zero-order chi connectivity index (χ0) is 16.1. The quantitative estimate of drug-likeness (QED) is 0.617. The van der Waals surface area contributed by atoms with Crippen LogP contribution < -0.4 is 5.46 Å². The molecule has 1 saturated heterocycles. The highest BCUT2D eigenvalue weighted by Gasteiger charge is 2.51. The fourth-order valence-electron chi connectivity index (χ4n) is 2.07. The van der Waals surface area contributed by atoms with Crippen LogP contribution in [-0.2, 0) is 15.7 Å². The summed E-state index contributed by atoms with van der Waals surface area (Å²) in [6, 6.07) is 3.56. The highest BCUT2D eigenvalue weighted by atomic mass is 19.4. The van der Waals surface area contributed by atoms with Crippen molar-refractivity contribution in [2.45, 2.75) is 51.5 Å². The number of hydrogen-bond acceptors (Lipinski definition) is 2. The van der Waals surface area contributed by atoms with Gasteiger partial charge in [-0.2, -0.15) is 13.2 Å². The van der Waals surface area contributed by atoms with Gasteiger partial charge in [0, 0.05) is 0 Å². The fourth-order valence-corrected chi connectivity index (χ4v) is 2.07. The summed E-state index contributed by atoms with van der Waals surface area (Å²) in [6.07, 6.45) is -5.78. The zero-order valence-corrected chi connectivity index (χ0v) is 12.3. The Bertz CT molecular complexity index is 524. The normalized spacial score (nSPS) is 20.9. The molecule has 2 nitrogen and oxygen atoms in total. The molecule has 1 aromatic carbocycles. The van der Waals surface area contributed by atoms with Crippen LogP contribution in [0.5, 0.6) is 0 Å². The lowest BCUT2D eigenvalue weighted by atomic mass is 9.78. The fraction of sp³-hybridized carbons (Fsp3) is 0.571. The van der Waals surface area contributed by atoms with Gasteiger partial charge in [-0.3, -0.25) is 0 Å². The van der Waals surface area contributed by atoms with Crippen molar-refractivity contribution in [2.24, 2.45) is 0 Å². The van der Waals surface area contributed by atoms with Gasteiger partial charge in [0.2, 0.25) is 0 Å². The minimum atomic E-state index is -4.46. The molecule has 1 heterocycles. The van der Waals surface area contributed by atoms with E-state index in [4.69, 9.17) is 9.31 Å². The summed E-state index contributed by atoms with van der Waals surface area (Å²) in [5, 5.41) is 0. The lowest BCUT2D eigenvalue weighted by Crippen LogP contribution is -2.41. The van der Waals surface area contributed by atoms with Crippen LogP contribution in [-0.4, -0.2) is 24.5 Å². The van der Waals surface area contributed by atoms with E-state index < -0.39 is 42.3 Å². The average Bonchev–Trinajstić information content (AvgIpc) is 2.49. The SMILES string of the molecule is CC1(C)OB(c2ccc(F)c(CC(F)(F)F)c2)OC1(C)C. The van der Waals surface area contributed by atoms with Crippen molar-refractivity contribution in [2.75, 3.05) is 0 Å². The van der Waals surface area contributed by atoms with Gasteiger partial charge in [0.05, 0.1) is 17.6 Å². The molecule has 1 fully saturated rings. The second kappa shape index (κ2) is 4.99. The lowest BCUT2D eigenvalue weighted by molar-refractivity contribution is -0.127. The molecular weight excluding hydrogens is 287 g/mol. The third kappa shape index (κ3) is 3.40. The van der Waals surface area contributed by atoms with Crippen molar-refractivity contribution in [3.8, 4) is 0 Å². The van der Waals surface area contributed by atoms with Crippen molar-refractivity contribution >= 4 is 12.6 Å². The number of hydrogen-bond donors (Lipinski definition) is 0. The lowest BCUT2D eigenvalue weighted by Gasteiger charge is -2.32. The predicted octanol–water partition coefficient (Wildman–Crippen LogP) is 3.23. The molecule has 1 aliphatic heterocycles. The van der Waals surface area contributed by atoms with E-state index in [1.54, 1.807) is 0 Å².